The van der Waals surface area contributed by atoms with E-state index in [-0.39, 0.29) is 5.91 Å². The lowest BCUT2D eigenvalue weighted by Crippen LogP contribution is -3.10. The smallest absolute Gasteiger partial charge is 0.279 e. The van der Waals surface area contributed by atoms with Crippen LogP contribution in [0.4, 0.5) is 5.69 Å². The second-order valence-corrected chi connectivity index (χ2v) is 7.87. The summed E-state index contributed by atoms with van der Waals surface area (Å²) in [5.74, 6) is 0.0624. The van der Waals surface area contributed by atoms with Gasteiger partial charge in [0.05, 0.1) is 9.75 Å². The molecule has 5 heteroatoms. The van der Waals surface area contributed by atoms with E-state index in [4.69, 9.17) is 0 Å². The highest BCUT2D eigenvalue weighted by molar-refractivity contribution is 7.10. The standard InChI is InChI=1S/C19H20N2OS2/c1-15-6-2-3-9-18(15)20-19(22)14-21(12-16-7-4-10-23-16)13-17-8-5-11-24-17/h2-11H,12-14H2,1H3,(H,20,22)/p+1. The zero-order valence-electron chi connectivity index (χ0n) is 13.6. The van der Waals surface area contributed by atoms with E-state index in [2.05, 4.69) is 40.3 Å². The van der Waals surface area contributed by atoms with Gasteiger partial charge in [0.2, 0.25) is 0 Å². The monoisotopic (exact) mass is 357 g/mol. The van der Waals surface area contributed by atoms with Crippen molar-refractivity contribution in [2.45, 2.75) is 20.0 Å². The molecule has 0 unspecified atom stereocenters. The van der Waals surface area contributed by atoms with Gasteiger partial charge >= 0.3 is 0 Å². The van der Waals surface area contributed by atoms with E-state index in [9.17, 15) is 4.79 Å². The minimum absolute atomic E-state index is 0.0624. The molecule has 0 bridgehead atoms. The number of quaternary nitrogens is 1. The molecule has 2 heterocycles. The Labute approximate surface area is 150 Å². The van der Waals surface area contributed by atoms with Gasteiger partial charge in [0, 0.05) is 5.69 Å². The van der Waals surface area contributed by atoms with Gasteiger partial charge in [-0.15, -0.1) is 22.7 Å². The molecular weight excluding hydrogens is 336 g/mol. The average molecular weight is 358 g/mol. The fourth-order valence-corrected chi connectivity index (χ4v) is 4.19. The average Bonchev–Trinajstić information content (AvgIpc) is 3.23. The minimum atomic E-state index is 0.0624. The summed E-state index contributed by atoms with van der Waals surface area (Å²) in [6.07, 6.45) is 0. The second kappa shape index (κ2) is 8.24. The van der Waals surface area contributed by atoms with E-state index in [1.807, 2.05) is 31.2 Å². The molecule has 0 saturated carbocycles. The third kappa shape index (κ3) is 4.77. The Bertz CT molecular complexity index is 730. The van der Waals surface area contributed by atoms with Crippen LogP contribution in [0.5, 0.6) is 0 Å². The lowest BCUT2D eigenvalue weighted by Gasteiger charge is -2.18. The zero-order valence-corrected chi connectivity index (χ0v) is 15.3. The molecular formula is C19H21N2OS2+. The van der Waals surface area contributed by atoms with Crippen molar-refractivity contribution in [1.29, 1.82) is 0 Å². The van der Waals surface area contributed by atoms with Crippen LogP contribution < -0.4 is 10.2 Å². The highest BCUT2D eigenvalue weighted by Crippen LogP contribution is 2.13. The largest absolute Gasteiger partial charge is 0.321 e. The van der Waals surface area contributed by atoms with Crippen molar-refractivity contribution < 1.29 is 9.69 Å². The normalized spacial score (nSPS) is 10.9. The SMILES string of the molecule is Cc1ccccc1NC(=O)C[NH+](Cc1cccs1)Cc1cccs1. The molecule has 2 aromatic heterocycles. The van der Waals surface area contributed by atoms with Crippen LogP contribution in [-0.4, -0.2) is 12.5 Å². The molecule has 0 atom stereocenters. The summed E-state index contributed by atoms with van der Waals surface area (Å²) in [4.78, 5) is 16.4. The number of para-hydroxylation sites is 1. The highest BCUT2D eigenvalue weighted by atomic mass is 32.1. The van der Waals surface area contributed by atoms with Crippen LogP contribution in [0.1, 0.15) is 15.3 Å². The number of hydrogen-bond donors (Lipinski definition) is 2. The first-order chi connectivity index (χ1) is 11.7. The van der Waals surface area contributed by atoms with Crippen molar-refractivity contribution in [3.63, 3.8) is 0 Å². The van der Waals surface area contributed by atoms with Crippen LogP contribution in [0.2, 0.25) is 0 Å². The molecule has 0 radical (unpaired) electrons. The predicted molar refractivity (Wildman–Crippen MR) is 102 cm³/mol. The number of thiophene rings is 2. The molecule has 1 aromatic carbocycles. The predicted octanol–water partition coefficient (Wildman–Crippen LogP) is 3.34. The van der Waals surface area contributed by atoms with Crippen molar-refractivity contribution >= 4 is 34.3 Å². The molecule has 3 nitrogen and oxygen atoms in total. The topological polar surface area (TPSA) is 33.5 Å². The second-order valence-electron chi connectivity index (χ2n) is 5.80. The molecule has 0 spiro atoms. The molecule has 0 fully saturated rings. The maximum atomic E-state index is 12.5. The third-order valence-corrected chi connectivity index (χ3v) is 5.59. The first kappa shape index (κ1) is 16.9. The molecule has 0 saturated heterocycles. The number of carbonyl (C=O) groups is 1. The molecule has 3 rings (SSSR count). The number of amides is 1. The Kier molecular flexibility index (Phi) is 5.80. The summed E-state index contributed by atoms with van der Waals surface area (Å²) >= 11 is 3.50. The van der Waals surface area contributed by atoms with E-state index < -0.39 is 0 Å². The van der Waals surface area contributed by atoms with Gasteiger partial charge in [0.25, 0.3) is 5.91 Å². The fourth-order valence-electron chi connectivity index (χ4n) is 2.64. The van der Waals surface area contributed by atoms with E-state index in [0.717, 1.165) is 24.3 Å². The van der Waals surface area contributed by atoms with Crippen molar-refractivity contribution in [3.05, 3.63) is 74.6 Å². The van der Waals surface area contributed by atoms with Crippen LogP contribution >= 0.6 is 22.7 Å². The maximum absolute atomic E-state index is 12.5. The summed E-state index contributed by atoms with van der Waals surface area (Å²) in [6.45, 7) is 4.22. The lowest BCUT2D eigenvalue weighted by molar-refractivity contribution is -0.918. The Morgan fingerprint density at radius 2 is 1.58 bits per heavy atom. The number of hydrogen-bond acceptors (Lipinski definition) is 3. The summed E-state index contributed by atoms with van der Waals surface area (Å²) in [7, 11) is 0. The van der Waals surface area contributed by atoms with Gasteiger partial charge in [-0.25, -0.2) is 0 Å². The quantitative estimate of drug-likeness (QED) is 0.668. The fraction of sp³-hybridized carbons (Fsp3) is 0.211. The van der Waals surface area contributed by atoms with Crippen LogP contribution in [0.25, 0.3) is 0 Å². The van der Waals surface area contributed by atoms with Crippen molar-refractivity contribution in [1.82, 2.24) is 0 Å². The van der Waals surface area contributed by atoms with Crippen LogP contribution in [0, 0.1) is 6.92 Å². The molecule has 0 aliphatic carbocycles. The van der Waals surface area contributed by atoms with Crippen LogP contribution in [0.3, 0.4) is 0 Å². The Morgan fingerprint density at radius 3 is 2.12 bits per heavy atom. The minimum Gasteiger partial charge on any atom is -0.321 e. The van der Waals surface area contributed by atoms with E-state index in [1.165, 1.54) is 14.7 Å². The van der Waals surface area contributed by atoms with Crippen LogP contribution in [0.15, 0.2) is 59.3 Å². The van der Waals surface area contributed by atoms with E-state index in [0.29, 0.717) is 6.54 Å². The van der Waals surface area contributed by atoms with Crippen LogP contribution in [-0.2, 0) is 17.9 Å². The molecule has 24 heavy (non-hydrogen) atoms. The Balaban J connectivity index is 1.66. The summed E-state index contributed by atoms with van der Waals surface area (Å²) in [5.41, 5.74) is 1.98. The molecule has 0 aliphatic rings. The summed E-state index contributed by atoms with van der Waals surface area (Å²) in [5, 5.41) is 7.22. The van der Waals surface area contributed by atoms with Gasteiger partial charge in [0.1, 0.15) is 13.1 Å². The van der Waals surface area contributed by atoms with Gasteiger partial charge in [-0.2, -0.15) is 0 Å². The number of benzene rings is 1. The van der Waals surface area contributed by atoms with Gasteiger partial charge in [-0.1, -0.05) is 30.3 Å². The number of carbonyl (C=O) groups excluding carboxylic acids is 1. The third-order valence-electron chi connectivity index (χ3n) is 3.84. The number of aryl methyl sites for hydroxylation is 1. The van der Waals surface area contributed by atoms with Gasteiger partial charge in [-0.05, 0) is 41.4 Å². The summed E-state index contributed by atoms with van der Waals surface area (Å²) in [6, 6.07) is 16.3. The molecule has 2 N–H and O–H groups in total. The van der Waals surface area contributed by atoms with E-state index in [1.54, 1.807) is 22.7 Å². The first-order valence-electron chi connectivity index (χ1n) is 7.94. The highest BCUT2D eigenvalue weighted by Gasteiger charge is 2.17. The first-order valence-corrected chi connectivity index (χ1v) is 9.70. The number of rotatable bonds is 7. The van der Waals surface area contributed by atoms with E-state index >= 15 is 0 Å². The maximum Gasteiger partial charge on any atom is 0.279 e. The molecule has 1 amide bonds. The van der Waals surface area contributed by atoms with Gasteiger partial charge in [0.15, 0.2) is 6.54 Å². The summed E-state index contributed by atoms with van der Waals surface area (Å²) < 4.78 is 0. The lowest BCUT2D eigenvalue weighted by atomic mass is 10.2. The molecule has 124 valence electrons. The zero-order chi connectivity index (χ0) is 16.8. The number of nitrogens with one attached hydrogen (secondary N) is 2. The van der Waals surface area contributed by atoms with Gasteiger partial charge < -0.3 is 10.2 Å². The number of anilines is 1. The van der Waals surface area contributed by atoms with Gasteiger partial charge in [-0.3, -0.25) is 4.79 Å². The van der Waals surface area contributed by atoms with Crippen molar-refractivity contribution in [3.8, 4) is 0 Å². The Hall–Kier alpha value is -1.95. The molecule has 0 aliphatic heterocycles. The van der Waals surface area contributed by atoms with Crippen molar-refractivity contribution in [2.75, 3.05) is 11.9 Å². The molecule has 3 aromatic rings. The Morgan fingerprint density at radius 1 is 0.958 bits per heavy atom. The van der Waals surface area contributed by atoms with Crippen molar-refractivity contribution in [2.24, 2.45) is 0 Å².